The van der Waals surface area contributed by atoms with E-state index in [4.69, 9.17) is 5.73 Å². The number of aryl methyl sites for hydroxylation is 1. The zero-order chi connectivity index (χ0) is 14.8. The van der Waals surface area contributed by atoms with E-state index >= 15 is 0 Å². The highest BCUT2D eigenvalue weighted by molar-refractivity contribution is 5.54. The van der Waals surface area contributed by atoms with E-state index in [1.165, 1.54) is 11.8 Å². The van der Waals surface area contributed by atoms with Gasteiger partial charge in [0.15, 0.2) is 0 Å². The highest BCUT2D eigenvalue weighted by Gasteiger charge is 2.19. The number of aromatic nitrogens is 2. The summed E-state index contributed by atoms with van der Waals surface area (Å²) in [5.74, 6) is 0.664. The quantitative estimate of drug-likeness (QED) is 0.804. The molecule has 3 rings (SSSR count). The molecule has 0 bridgehead atoms. The fraction of sp³-hybridized carbons (Fsp3) is 0.333. The molecule has 0 saturated carbocycles. The van der Waals surface area contributed by atoms with Crippen LogP contribution in [0.3, 0.4) is 0 Å². The number of benzene rings is 1. The number of H-pyrrole nitrogens is 1. The van der Waals surface area contributed by atoms with Crippen molar-refractivity contribution in [3.8, 4) is 0 Å². The van der Waals surface area contributed by atoms with Crippen LogP contribution in [-0.2, 0) is 0 Å². The van der Waals surface area contributed by atoms with Gasteiger partial charge in [-0.15, -0.1) is 0 Å². The van der Waals surface area contributed by atoms with Crippen molar-refractivity contribution in [1.29, 1.82) is 0 Å². The van der Waals surface area contributed by atoms with E-state index in [-0.39, 0.29) is 5.56 Å². The summed E-state index contributed by atoms with van der Waals surface area (Å²) in [6, 6.07) is 9.42. The second-order valence-corrected chi connectivity index (χ2v) is 5.28. The van der Waals surface area contributed by atoms with Crippen molar-refractivity contribution in [3.63, 3.8) is 0 Å². The Bertz CT molecular complexity index is 671. The highest BCUT2D eigenvalue weighted by Crippen LogP contribution is 2.19. The molecule has 6 heteroatoms. The molecule has 0 amide bonds. The third-order valence-corrected chi connectivity index (χ3v) is 3.69. The standard InChI is InChI=1S/C15H19N5O/c1-11-10-14(21)18-15(17-11)20-8-6-19(7-9-20)13-4-2-12(16)3-5-13/h2-5,10H,6-9,16H2,1H3,(H,17,18,21). The Morgan fingerprint density at radius 3 is 2.33 bits per heavy atom. The number of nitrogens with two attached hydrogens (primary N) is 1. The first kappa shape index (κ1) is 13.5. The summed E-state index contributed by atoms with van der Waals surface area (Å²) in [4.78, 5) is 23.2. The van der Waals surface area contributed by atoms with Gasteiger partial charge < -0.3 is 15.5 Å². The summed E-state index contributed by atoms with van der Waals surface area (Å²) in [7, 11) is 0. The molecular formula is C15H19N5O. The molecule has 2 aromatic rings. The average molecular weight is 285 g/mol. The van der Waals surface area contributed by atoms with Gasteiger partial charge >= 0.3 is 0 Å². The predicted octanol–water partition coefficient (Wildman–Crippen LogP) is 0.987. The summed E-state index contributed by atoms with van der Waals surface area (Å²) in [6.07, 6.45) is 0. The van der Waals surface area contributed by atoms with Crippen LogP contribution in [0.2, 0.25) is 0 Å². The molecule has 21 heavy (non-hydrogen) atoms. The summed E-state index contributed by atoms with van der Waals surface area (Å²) in [6.45, 7) is 5.28. The molecule has 1 aromatic carbocycles. The number of nitrogens with one attached hydrogen (secondary N) is 1. The Kier molecular flexibility index (Phi) is 3.51. The summed E-state index contributed by atoms with van der Waals surface area (Å²) < 4.78 is 0. The lowest BCUT2D eigenvalue weighted by Gasteiger charge is -2.36. The lowest BCUT2D eigenvalue weighted by atomic mass is 10.2. The van der Waals surface area contributed by atoms with Crippen molar-refractivity contribution in [2.75, 3.05) is 41.7 Å². The molecule has 1 fully saturated rings. The van der Waals surface area contributed by atoms with E-state index in [0.717, 1.165) is 37.6 Å². The second-order valence-electron chi connectivity index (χ2n) is 5.28. The smallest absolute Gasteiger partial charge is 0.252 e. The largest absolute Gasteiger partial charge is 0.399 e. The van der Waals surface area contributed by atoms with E-state index in [2.05, 4.69) is 19.8 Å². The fourth-order valence-electron chi connectivity index (χ4n) is 2.57. The maximum absolute atomic E-state index is 11.5. The molecule has 1 saturated heterocycles. The molecule has 0 atom stereocenters. The number of piperazine rings is 1. The topological polar surface area (TPSA) is 78.2 Å². The van der Waals surface area contributed by atoms with Crippen molar-refractivity contribution in [2.24, 2.45) is 0 Å². The van der Waals surface area contributed by atoms with Crippen LogP contribution in [0.1, 0.15) is 5.69 Å². The molecule has 0 radical (unpaired) electrons. The van der Waals surface area contributed by atoms with Gasteiger partial charge in [0.05, 0.1) is 0 Å². The molecular weight excluding hydrogens is 266 g/mol. The normalized spacial score (nSPS) is 15.3. The zero-order valence-corrected chi connectivity index (χ0v) is 12.0. The van der Waals surface area contributed by atoms with Crippen molar-refractivity contribution in [1.82, 2.24) is 9.97 Å². The first-order valence-corrected chi connectivity index (χ1v) is 7.05. The molecule has 6 nitrogen and oxygen atoms in total. The van der Waals surface area contributed by atoms with Gasteiger partial charge in [-0.2, -0.15) is 0 Å². The molecule has 0 unspecified atom stereocenters. The van der Waals surface area contributed by atoms with Crippen molar-refractivity contribution in [3.05, 3.63) is 46.4 Å². The third-order valence-electron chi connectivity index (χ3n) is 3.69. The number of hydrogen-bond acceptors (Lipinski definition) is 5. The number of anilines is 3. The Morgan fingerprint density at radius 2 is 1.71 bits per heavy atom. The van der Waals surface area contributed by atoms with Crippen LogP contribution < -0.4 is 21.1 Å². The van der Waals surface area contributed by atoms with Crippen LogP contribution in [0.4, 0.5) is 17.3 Å². The van der Waals surface area contributed by atoms with Crippen molar-refractivity contribution in [2.45, 2.75) is 6.92 Å². The Morgan fingerprint density at radius 1 is 1.10 bits per heavy atom. The van der Waals surface area contributed by atoms with E-state index < -0.39 is 0 Å². The van der Waals surface area contributed by atoms with Crippen molar-refractivity contribution < 1.29 is 0 Å². The molecule has 0 spiro atoms. The summed E-state index contributed by atoms with van der Waals surface area (Å²) in [5, 5.41) is 0. The van der Waals surface area contributed by atoms with E-state index in [9.17, 15) is 4.79 Å². The average Bonchev–Trinajstić information content (AvgIpc) is 2.47. The van der Waals surface area contributed by atoms with Gasteiger partial charge in [0, 0.05) is 49.3 Å². The molecule has 0 aliphatic carbocycles. The molecule has 3 N–H and O–H groups in total. The fourth-order valence-corrected chi connectivity index (χ4v) is 2.57. The SMILES string of the molecule is Cc1cc(=O)[nH]c(N2CCN(c3ccc(N)cc3)CC2)n1. The van der Waals surface area contributed by atoms with Gasteiger partial charge in [-0.05, 0) is 31.2 Å². The molecule has 110 valence electrons. The van der Waals surface area contributed by atoms with Crippen LogP contribution in [-0.4, -0.2) is 36.1 Å². The second kappa shape index (κ2) is 5.47. The van der Waals surface area contributed by atoms with Gasteiger partial charge in [-0.3, -0.25) is 9.78 Å². The predicted molar refractivity (Wildman–Crippen MR) is 84.9 cm³/mol. The van der Waals surface area contributed by atoms with E-state index in [0.29, 0.717) is 5.95 Å². The van der Waals surface area contributed by atoms with Crippen LogP contribution >= 0.6 is 0 Å². The Balaban J connectivity index is 1.70. The minimum Gasteiger partial charge on any atom is -0.399 e. The van der Waals surface area contributed by atoms with Gasteiger partial charge in [0.25, 0.3) is 5.56 Å². The van der Waals surface area contributed by atoms with Gasteiger partial charge in [-0.25, -0.2) is 4.98 Å². The molecule has 1 aliphatic heterocycles. The first-order chi connectivity index (χ1) is 10.1. The monoisotopic (exact) mass is 285 g/mol. The number of rotatable bonds is 2. The minimum atomic E-state index is -0.0986. The lowest BCUT2D eigenvalue weighted by molar-refractivity contribution is 0.638. The van der Waals surface area contributed by atoms with Gasteiger partial charge in [-0.1, -0.05) is 0 Å². The first-order valence-electron chi connectivity index (χ1n) is 7.05. The van der Waals surface area contributed by atoms with Crippen LogP contribution in [0.25, 0.3) is 0 Å². The van der Waals surface area contributed by atoms with Gasteiger partial charge in [0.2, 0.25) is 5.95 Å². The Hall–Kier alpha value is -2.50. The highest BCUT2D eigenvalue weighted by atomic mass is 16.1. The van der Waals surface area contributed by atoms with E-state index in [1.807, 2.05) is 31.2 Å². The number of hydrogen-bond donors (Lipinski definition) is 2. The number of nitrogen functional groups attached to an aromatic ring is 1. The van der Waals surface area contributed by atoms with Crippen LogP contribution in [0.15, 0.2) is 35.1 Å². The summed E-state index contributed by atoms with van der Waals surface area (Å²) >= 11 is 0. The number of nitrogens with zero attached hydrogens (tertiary/aromatic N) is 3. The third kappa shape index (κ3) is 2.99. The summed E-state index contributed by atoms with van der Waals surface area (Å²) in [5.41, 5.74) is 8.31. The molecule has 1 aliphatic rings. The van der Waals surface area contributed by atoms with Crippen LogP contribution in [0.5, 0.6) is 0 Å². The van der Waals surface area contributed by atoms with E-state index in [1.54, 1.807) is 0 Å². The van der Waals surface area contributed by atoms with Crippen molar-refractivity contribution >= 4 is 17.3 Å². The van der Waals surface area contributed by atoms with Crippen LogP contribution in [0, 0.1) is 6.92 Å². The molecule has 1 aromatic heterocycles. The zero-order valence-electron chi connectivity index (χ0n) is 12.0. The van der Waals surface area contributed by atoms with Gasteiger partial charge in [0.1, 0.15) is 0 Å². The number of aromatic amines is 1. The lowest BCUT2D eigenvalue weighted by Crippen LogP contribution is -2.47. The molecule has 2 heterocycles. The Labute approximate surface area is 123 Å². The minimum absolute atomic E-state index is 0.0986. The maximum atomic E-state index is 11.5. The maximum Gasteiger partial charge on any atom is 0.252 e.